The highest BCUT2D eigenvalue weighted by Crippen LogP contribution is 2.38. The highest BCUT2D eigenvalue weighted by molar-refractivity contribution is 5.92. The topological polar surface area (TPSA) is 59.6 Å². The van der Waals surface area contributed by atoms with E-state index in [0.717, 1.165) is 23.7 Å². The summed E-state index contributed by atoms with van der Waals surface area (Å²) in [6, 6.07) is 14.1. The van der Waals surface area contributed by atoms with E-state index in [1.807, 2.05) is 31.3 Å². The van der Waals surface area contributed by atoms with Gasteiger partial charge in [0.25, 0.3) is 0 Å². The zero-order valence-corrected chi connectivity index (χ0v) is 20.5. The first-order valence-corrected chi connectivity index (χ1v) is 12.5. The van der Waals surface area contributed by atoms with Crippen LogP contribution in [0, 0.1) is 5.92 Å². The fourth-order valence-electron chi connectivity index (χ4n) is 4.74. The Hall–Kier alpha value is -2.53. The zero-order chi connectivity index (χ0) is 23.5. The van der Waals surface area contributed by atoms with E-state index in [0.29, 0.717) is 30.4 Å². The summed E-state index contributed by atoms with van der Waals surface area (Å²) < 4.78 is 11.2. The highest BCUT2D eigenvalue weighted by atomic mass is 16.5. The lowest BCUT2D eigenvalue weighted by Crippen LogP contribution is -2.17. The van der Waals surface area contributed by atoms with Crippen molar-refractivity contribution in [2.75, 3.05) is 32.6 Å². The number of hydrogen-bond acceptors (Lipinski definition) is 4. The van der Waals surface area contributed by atoms with Gasteiger partial charge in [0, 0.05) is 12.2 Å². The highest BCUT2D eigenvalue weighted by Gasteiger charge is 2.22. The minimum absolute atomic E-state index is 0.0265. The SMILES string of the molecule is CCCCC1CCC(c2cccc(NC(=O)Cc3ccc(OCCNC)c(OC)c3)c2)CC1. The third kappa shape index (κ3) is 7.78. The second-order valence-corrected chi connectivity index (χ2v) is 9.15. The van der Waals surface area contributed by atoms with Gasteiger partial charge in [0.15, 0.2) is 11.5 Å². The van der Waals surface area contributed by atoms with Crippen molar-refractivity contribution in [2.24, 2.45) is 5.92 Å². The summed E-state index contributed by atoms with van der Waals surface area (Å²) in [5.41, 5.74) is 3.13. The van der Waals surface area contributed by atoms with Crippen molar-refractivity contribution in [2.45, 2.75) is 64.2 Å². The number of carbonyl (C=O) groups excluding carboxylic acids is 1. The molecule has 0 saturated heterocycles. The van der Waals surface area contributed by atoms with Gasteiger partial charge in [0.2, 0.25) is 5.91 Å². The Bertz CT molecular complexity index is 875. The Labute approximate surface area is 199 Å². The summed E-state index contributed by atoms with van der Waals surface area (Å²) in [6.45, 7) is 3.59. The van der Waals surface area contributed by atoms with Crippen LogP contribution < -0.4 is 20.1 Å². The van der Waals surface area contributed by atoms with Gasteiger partial charge in [-0.15, -0.1) is 0 Å². The lowest BCUT2D eigenvalue weighted by molar-refractivity contribution is -0.115. The normalized spacial score (nSPS) is 18.0. The van der Waals surface area contributed by atoms with Gasteiger partial charge in [0.1, 0.15) is 6.61 Å². The first-order chi connectivity index (χ1) is 16.1. The van der Waals surface area contributed by atoms with Gasteiger partial charge in [-0.2, -0.15) is 0 Å². The molecule has 2 N–H and O–H groups in total. The fraction of sp³-hybridized carbons (Fsp3) is 0.536. The number of ether oxygens (including phenoxy) is 2. The van der Waals surface area contributed by atoms with Crippen LogP contribution in [0.15, 0.2) is 42.5 Å². The maximum absolute atomic E-state index is 12.7. The van der Waals surface area contributed by atoms with Gasteiger partial charge in [-0.25, -0.2) is 0 Å². The third-order valence-electron chi connectivity index (χ3n) is 6.66. The number of likely N-dealkylation sites (N-methyl/N-ethyl adjacent to an activating group) is 1. The van der Waals surface area contributed by atoms with Crippen molar-refractivity contribution in [3.63, 3.8) is 0 Å². The Kier molecular flexibility index (Phi) is 10.1. The van der Waals surface area contributed by atoms with Crippen LogP contribution in [0.5, 0.6) is 11.5 Å². The molecular formula is C28H40N2O3. The van der Waals surface area contributed by atoms with Gasteiger partial charge in [-0.3, -0.25) is 4.79 Å². The molecule has 5 nitrogen and oxygen atoms in total. The monoisotopic (exact) mass is 452 g/mol. The molecular weight excluding hydrogens is 412 g/mol. The number of benzene rings is 2. The molecule has 1 aliphatic rings. The molecule has 0 radical (unpaired) electrons. The molecule has 1 amide bonds. The van der Waals surface area contributed by atoms with Crippen LogP contribution in [0.2, 0.25) is 0 Å². The summed E-state index contributed by atoms with van der Waals surface area (Å²) in [5, 5.41) is 6.13. The molecule has 3 rings (SSSR count). The van der Waals surface area contributed by atoms with Gasteiger partial charge < -0.3 is 20.1 Å². The smallest absolute Gasteiger partial charge is 0.228 e. The van der Waals surface area contributed by atoms with Gasteiger partial charge in [0.05, 0.1) is 13.5 Å². The predicted molar refractivity (Wildman–Crippen MR) is 135 cm³/mol. The molecule has 5 heteroatoms. The van der Waals surface area contributed by atoms with Gasteiger partial charge in [-0.1, -0.05) is 44.4 Å². The first kappa shape index (κ1) is 25.1. The molecule has 33 heavy (non-hydrogen) atoms. The molecule has 0 aromatic heterocycles. The van der Waals surface area contributed by atoms with E-state index >= 15 is 0 Å². The van der Waals surface area contributed by atoms with Crippen molar-refractivity contribution in [1.29, 1.82) is 0 Å². The van der Waals surface area contributed by atoms with Crippen molar-refractivity contribution in [3.8, 4) is 11.5 Å². The molecule has 0 atom stereocenters. The van der Waals surface area contributed by atoms with Crippen molar-refractivity contribution in [3.05, 3.63) is 53.6 Å². The zero-order valence-electron chi connectivity index (χ0n) is 20.5. The van der Waals surface area contributed by atoms with Crippen molar-refractivity contribution < 1.29 is 14.3 Å². The van der Waals surface area contributed by atoms with E-state index in [1.54, 1.807) is 7.11 Å². The first-order valence-electron chi connectivity index (χ1n) is 12.5. The standard InChI is InChI=1S/C28H40N2O3/c1-4-5-7-21-10-13-23(14-11-21)24-8-6-9-25(20-24)30-28(31)19-22-12-15-26(27(18-22)32-3)33-17-16-29-2/h6,8-9,12,15,18,20-21,23,29H,4-5,7,10-11,13-14,16-17,19H2,1-3H3,(H,30,31). The predicted octanol–water partition coefficient (Wildman–Crippen LogP) is 5.94. The van der Waals surface area contributed by atoms with Crippen LogP contribution in [0.3, 0.4) is 0 Å². The molecule has 0 bridgehead atoms. The average Bonchev–Trinajstić information content (AvgIpc) is 2.84. The second-order valence-electron chi connectivity index (χ2n) is 9.15. The van der Waals surface area contributed by atoms with E-state index in [4.69, 9.17) is 9.47 Å². The number of hydrogen-bond donors (Lipinski definition) is 2. The number of carbonyl (C=O) groups is 1. The summed E-state index contributed by atoms with van der Waals surface area (Å²) in [4.78, 5) is 12.7. The molecule has 2 aromatic carbocycles. The molecule has 2 aromatic rings. The van der Waals surface area contributed by atoms with E-state index < -0.39 is 0 Å². The maximum Gasteiger partial charge on any atom is 0.228 e. The number of nitrogens with one attached hydrogen (secondary N) is 2. The van der Waals surface area contributed by atoms with E-state index in [-0.39, 0.29) is 5.91 Å². The Morgan fingerprint density at radius 2 is 1.88 bits per heavy atom. The van der Waals surface area contributed by atoms with Crippen LogP contribution in [0.25, 0.3) is 0 Å². The summed E-state index contributed by atoms with van der Waals surface area (Å²) >= 11 is 0. The molecule has 0 heterocycles. The molecule has 180 valence electrons. The van der Waals surface area contributed by atoms with Crippen LogP contribution >= 0.6 is 0 Å². The van der Waals surface area contributed by atoms with Crippen LogP contribution in [-0.2, 0) is 11.2 Å². The third-order valence-corrected chi connectivity index (χ3v) is 6.66. The van der Waals surface area contributed by atoms with E-state index in [1.165, 1.54) is 50.5 Å². The van der Waals surface area contributed by atoms with E-state index in [9.17, 15) is 4.79 Å². The number of rotatable bonds is 12. The lowest BCUT2D eigenvalue weighted by atomic mass is 9.77. The number of methoxy groups -OCH3 is 1. The van der Waals surface area contributed by atoms with Crippen LogP contribution in [-0.4, -0.2) is 33.2 Å². The molecule has 0 aliphatic heterocycles. The molecule has 0 spiro atoms. The second kappa shape index (κ2) is 13.2. The molecule has 1 fully saturated rings. The van der Waals surface area contributed by atoms with Gasteiger partial charge >= 0.3 is 0 Å². The van der Waals surface area contributed by atoms with Crippen LogP contribution in [0.4, 0.5) is 5.69 Å². The maximum atomic E-state index is 12.7. The minimum atomic E-state index is -0.0265. The largest absolute Gasteiger partial charge is 0.493 e. The van der Waals surface area contributed by atoms with Gasteiger partial charge in [-0.05, 0) is 80.0 Å². The quantitative estimate of drug-likeness (QED) is 0.391. The Morgan fingerprint density at radius 3 is 2.61 bits per heavy atom. The van der Waals surface area contributed by atoms with Crippen molar-refractivity contribution >= 4 is 11.6 Å². The summed E-state index contributed by atoms with van der Waals surface area (Å²) in [7, 11) is 3.50. The summed E-state index contributed by atoms with van der Waals surface area (Å²) in [5.74, 6) is 2.82. The lowest BCUT2D eigenvalue weighted by Gasteiger charge is -2.29. The fourth-order valence-corrected chi connectivity index (χ4v) is 4.74. The minimum Gasteiger partial charge on any atom is -0.493 e. The summed E-state index contributed by atoms with van der Waals surface area (Å²) in [6.07, 6.45) is 9.50. The Balaban J connectivity index is 1.54. The van der Waals surface area contributed by atoms with Crippen molar-refractivity contribution in [1.82, 2.24) is 5.32 Å². The Morgan fingerprint density at radius 1 is 1.06 bits per heavy atom. The van der Waals surface area contributed by atoms with E-state index in [2.05, 4.69) is 35.8 Å². The number of unbranched alkanes of at least 4 members (excludes halogenated alkanes) is 1. The van der Waals surface area contributed by atoms with Crippen LogP contribution in [0.1, 0.15) is 68.9 Å². The number of amides is 1. The average molecular weight is 453 g/mol. The number of anilines is 1. The molecule has 0 unspecified atom stereocenters. The molecule has 1 saturated carbocycles. The molecule has 1 aliphatic carbocycles.